The summed E-state index contributed by atoms with van der Waals surface area (Å²) in [5, 5.41) is 9.54. The number of carboxylic acids is 1. The second-order valence-corrected chi connectivity index (χ2v) is 3.06. The molecular weight excluding hydrogens is 384 g/mol. The molecule has 0 saturated carbocycles. The Morgan fingerprint density at radius 3 is 1.27 bits per heavy atom. The second kappa shape index (κ2) is 7.02. The first-order valence-electron chi connectivity index (χ1n) is 4.05. The molecule has 0 aromatic carbocycles. The van der Waals surface area contributed by atoms with Crippen molar-refractivity contribution in [1.29, 1.82) is 0 Å². The van der Waals surface area contributed by atoms with E-state index < -0.39 is 36.6 Å². The minimum absolute atomic E-state index is 0. The number of alkyl halides is 11. The fraction of sp³-hybridized carbons (Fsp3) is 0.833. The molecule has 0 aromatic heterocycles. The Hall–Kier alpha value is 0.256. The Kier molecular flexibility index (Phi) is 7.82. The first kappa shape index (κ1) is 24.5. The van der Waals surface area contributed by atoms with Gasteiger partial charge in [0.05, 0.1) is 0 Å². The van der Waals surface area contributed by atoms with Gasteiger partial charge in [-0.05, 0) is 0 Å². The predicted octanol–water partition coefficient (Wildman–Crippen LogP) is -1.29. The monoisotopic (exact) mass is 384 g/mol. The van der Waals surface area contributed by atoms with Gasteiger partial charge in [0, 0.05) is 0 Å². The fourth-order valence-electron chi connectivity index (χ4n) is 0.540. The van der Waals surface area contributed by atoms with Gasteiger partial charge in [0.1, 0.15) is 5.97 Å². The van der Waals surface area contributed by atoms with Gasteiger partial charge >= 0.3 is 82.0 Å². The largest absolute Gasteiger partial charge is 1.00 e. The van der Waals surface area contributed by atoms with E-state index in [0.717, 1.165) is 0 Å². The first-order chi connectivity index (χ1) is 8.86. The van der Waals surface area contributed by atoms with Crippen molar-refractivity contribution in [2.45, 2.75) is 30.6 Å². The standard InChI is InChI=1S/C6HF11O4.K/c7-2(8,1(18)19)20-5(14,15)6(16,17)21-4(12,13)3(9,10)11;/h(H,18,19);/q;+1/p-1. The molecule has 0 aliphatic heterocycles. The van der Waals surface area contributed by atoms with Gasteiger partial charge in [0.15, 0.2) is 0 Å². The van der Waals surface area contributed by atoms with E-state index in [2.05, 4.69) is 0 Å². The summed E-state index contributed by atoms with van der Waals surface area (Å²) < 4.78 is 135. The Labute approximate surface area is 154 Å². The maximum Gasteiger partial charge on any atom is 1.00 e. The third-order valence-electron chi connectivity index (χ3n) is 1.42. The number of rotatable bonds is 6. The van der Waals surface area contributed by atoms with Crippen molar-refractivity contribution in [1.82, 2.24) is 0 Å². The molecule has 0 amide bonds. The van der Waals surface area contributed by atoms with Gasteiger partial charge in [-0.15, -0.1) is 0 Å². The number of ether oxygens (including phenoxy) is 2. The van der Waals surface area contributed by atoms with Gasteiger partial charge in [-0.25, -0.2) is 9.47 Å². The Morgan fingerprint density at radius 1 is 0.682 bits per heavy atom. The number of halogens is 11. The summed E-state index contributed by atoms with van der Waals surface area (Å²) in [6.07, 6.45) is -33.7. The summed E-state index contributed by atoms with van der Waals surface area (Å²) >= 11 is 0. The summed E-state index contributed by atoms with van der Waals surface area (Å²) in [7, 11) is 0. The number of carboxylic acid groups (broad SMARTS) is 1. The number of hydrogen-bond donors (Lipinski definition) is 0. The topological polar surface area (TPSA) is 58.6 Å². The van der Waals surface area contributed by atoms with Gasteiger partial charge in [-0.1, -0.05) is 0 Å². The minimum atomic E-state index is -6.97. The first-order valence-corrected chi connectivity index (χ1v) is 4.05. The van der Waals surface area contributed by atoms with Gasteiger partial charge in [-0.2, -0.15) is 48.3 Å². The van der Waals surface area contributed by atoms with E-state index in [0.29, 0.717) is 0 Å². The van der Waals surface area contributed by atoms with Crippen LogP contribution in [0.4, 0.5) is 48.3 Å². The van der Waals surface area contributed by atoms with Gasteiger partial charge in [-0.3, -0.25) is 0 Å². The van der Waals surface area contributed by atoms with Crippen LogP contribution in [0.15, 0.2) is 0 Å². The molecule has 0 unspecified atom stereocenters. The molecule has 4 nitrogen and oxygen atoms in total. The van der Waals surface area contributed by atoms with Crippen LogP contribution in [0.3, 0.4) is 0 Å². The number of carbonyl (C=O) groups is 1. The van der Waals surface area contributed by atoms with E-state index in [1.807, 2.05) is 0 Å². The zero-order valence-corrected chi connectivity index (χ0v) is 12.9. The smallest absolute Gasteiger partial charge is 0.542 e. The van der Waals surface area contributed by atoms with Gasteiger partial charge < -0.3 is 9.90 Å². The number of aliphatic carboxylic acids is 1. The van der Waals surface area contributed by atoms with Crippen LogP contribution in [0.1, 0.15) is 0 Å². The summed E-state index contributed by atoms with van der Waals surface area (Å²) in [6.45, 7) is 0. The summed E-state index contributed by atoms with van der Waals surface area (Å²) in [5.74, 6) is -3.79. The molecule has 0 rings (SSSR count). The van der Waals surface area contributed by atoms with Crippen molar-refractivity contribution in [3.8, 4) is 0 Å². The van der Waals surface area contributed by atoms with E-state index in [4.69, 9.17) is 0 Å². The maximum atomic E-state index is 12.4. The third-order valence-corrected chi connectivity index (χ3v) is 1.42. The quantitative estimate of drug-likeness (QED) is 0.423. The van der Waals surface area contributed by atoms with Crippen LogP contribution in [0, 0.1) is 0 Å². The van der Waals surface area contributed by atoms with Crippen molar-refractivity contribution in [2.24, 2.45) is 0 Å². The van der Waals surface area contributed by atoms with Gasteiger partial charge in [0.2, 0.25) is 0 Å². The molecule has 126 valence electrons. The maximum absolute atomic E-state index is 12.4. The van der Waals surface area contributed by atoms with Crippen LogP contribution in [0.5, 0.6) is 0 Å². The van der Waals surface area contributed by atoms with Crippen molar-refractivity contribution in [2.75, 3.05) is 0 Å². The van der Waals surface area contributed by atoms with Crippen molar-refractivity contribution in [3.05, 3.63) is 0 Å². The molecule has 0 heterocycles. The van der Waals surface area contributed by atoms with Crippen LogP contribution < -0.4 is 56.5 Å². The molecule has 16 heteroatoms. The van der Waals surface area contributed by atoms with Gasteiger partial charge in [0.25, 0.3) is 0 Å². The van der Waals surface area contributed by atoms with Crippen LogP contribution in [-0.4, -0.2) is 36.6 Å². The number of hydrogen-bond acceptors (Lipinski definition) is 4. The molecule has 0 saturated heterocycles. The normalized spacial score (nSPS) is 14.5. The average molecular weight is 384 g/mol. The van der Waals surface area contributed by atoms with E-state index >= 15 is 0 Å². The van der Waals surface area contributed by atoms with Crippen molar-refractivity contribution >= 4 is 5.97 Å². The number of carbonyl (C=O) groups excluding carboxylic acids is 1. The second-order valence-electron chi connectivity index (χ2n) is 3.06. The van der Waals surface area contributed by atoms with Crippen LogP contribution in [0.2, 0.25) is 0 Å². The van der Waals surface area contributed by atoms with Crippen molar-refractivity contribution in [3.63, 3.8) is 0 Å². The minimum Gasteiger partial charge on any atom is -0.542 e. The van der Waals surface area contributed by atoms with Crippen molar-refractivity contribution < 1.29 is 119 Å². The van der Waals surface area contributed by atoms with Crippen LogP contribution in [-0.2, 0) is 14.3 Å². The Bertz CT molecular complexity index is 406. The van der Waals surface area contributed by atoms with Crippen LogP contribution >= 0.6 is 0 Å². The van der Waals surface area contributed by atoms with Crippen LogP contribution in [0.25, 0.3) is 0 Å². The molecule has 0 radical (unpaired) electrons. The molecule has 22 heavy (non-hydrogen) atoms. The van der Waals surface area contributed by atoms with E-state index in [9.17, 15) is 58.2 Å². The predicted molar refractivity (Wildman–Crippen MR) is 33.0 cm³/mol. The average Bonchev–Trinajstić information content (AvgIpc) is 2.11. The molecule has 0 N–H and O–H groups in total. The molecule has 0 aliphatic carbocycles. The third kappa shape index (κ3) is 5.71. The molecule has 0 spiro atoms. The molecule has 0 atom stereocenters. The SMILES string of the molecule is O=C([O-])C(F)(F)OC(F)(F)C(F)(F)OC(F)(F)C(F)(F)F.[K+]. The summed E-state index contributed by atoms with van der Waals surface area (Å²) in [6, 6.07) is 0. The van der Waals surface area contributed by atoms with E-state index in [1.165, 1.54) is 4.74 Å². The summed E-state index contributed by atoms with van der Waals surface area (Å²) in [4.78, 5) is 9.54. The molecule has 0 aliphatic rings. The van der Waals surface area contributed by atoms with E-state index in [1.54, 1.807) is 4.74 Å². The Morgan fingerprint density at radius 2 is 1.00 bits per heavy atom. The summed E-state index contributed by atoms with van der Waals surface area (Å²) in [5.41, 5.74) is 0. The molecular formula is C6F11KO4. The molecule has 0 aromatic rings. The zero-order valence-electron chi connectivity index (χ0n) is 9.79. The molecule has 0 bridgehead atoms. The molecule has 0 fully saturated rings. The van der Waals surface area contributed by atoms with E-state index in [-0.39, 0.29) is 51.4 Å². The zero-order chi connectivity index (χ0) is 17.5. The fourth-order valence-corrected chi connectivity index (χ4v) is 0.540. The Balaban J connectivity index is 0.